The van der Waals surface area contributed by atoms with E-state index in [4.69, 9.17) is 37.0 Å². The van der Waals surface area contributed by atoms with Gasteiger partial charge in [0.1, 0.15) is 19.3 Å². The Hall–Kier alpha value is -1.94. The molecule has 0 spiro atoms. The number of esters is 4. The lowest BCUT2D eigenvalue weighted by Crippen LogP contribution is -2.30. The van der Waals surface area contributed by atoms with Crippen LogP contribution in [0.5, 0.6) is 0 Å². The summed E-state index contributed by atoms with van der Waals surface area (Å²) in [6.45, 7) is 11.8. The molecule has 0 aliphatic heterocycles. The molecule has 0 bridgehead atoms. The smallest absolute Gasteiger partial charge is 0.462 e. The summed E-state index contributed by atoms with van der Waals surface area (Å²) >= 11 is 0. The van der Waals surface area contributed by atoms with Crippen molar-refractivity contribution in [3.05, 3.63) is 0 Å². The molecule has 6 atom stereocenters. The Balaban J connectivity index is 5.19. The van der Waals surface area contributed by atoms with Crippen LogP contribution in [0, 0.1) is 17.8 Å². The van der Waals surface area contributed by atoms with Crippen LogP contribution in [0.4, 0.5) is 0 Å². The van der Waals surface area contributed by atoms with Crippen LogP contribution in [0.2, 0.25) is 0 Å². The van der Waals surface area contributed by atoms with Gasteiger partial charge in [-0.15, -0.1) is 0 Å². The Morgan fingerprint density at radius 1 is 0.305 bits per heavy atom. The number of ether oxygens (including phenoxy) is 4. The van der Waals surface area contributed by atoms with Gasteiger partial charge in [-0.3, -0.25) is 37.3 Å². The topological polar surface area (TPSA) is 237 Å². The van der Waals surface area contributed by atoms with Gasteiger partial charge in [-0.05, 0) is 43.4 Å². The summed E-state index contributed by atoms with van der Waals surface area (Å²) in [5, 5.41) is 10.6. The fourth-order valence-electron chi connectivity index (χ4n) is 11.6. The van der Waals surface area contributed by atoms with Crippen LogP contribution in [-0.2, 0) is 65.4 Å². The summed E-state index contributed by atoms with van der Waals surface area (Å²) in [6.07, 6.45) is 53.1. The number of hydrogen-bond acceptors (Lipinski definition) is 15. The van der Waals surface area contributed by atoms with Crippen molar-refractivity contribution >= 4 is 39.5 Å². The predicted octanol–water partition coefficient (Wildman–Crippen LogP) is 22.2. The highest BCUT2D eigenvalue weighted by Crippen LogP contribution is 2.45. The zero-order valence-corrected chi connectivity index (χ0v) is 63.9. The monoisotopic (exact) mass is 1400 g/mol. The van der Waals surface area contributed by atoms with Crippen molar-refractivity contribution in [2.45, 2.75) is 407 Å². The first-order valence-electron chi connectivity index (χ1n) is 39.4. The number of phosphoric ester groups is 2. The highest BCUT2D eigenvalue weighted by molar-refractivity contribution is 7.47. The molecule has 0 aliphatic carbocycles. The van der Waals surface area contributed by atoms with Gasteiger partial charge in [0.25, 0.3) is 0 Å². The maximum Gasteiger partial charge on any atom is 0.472 e. The number of carbonyl (C=O) groups is 4. The minimum atomic E-state index is -4.96. The largest absolute Gasteiger partial charge is 0.472 e. The molecular formula is C76H148O17P2. The van der Waals surface area contributed by atoms with E-state index in [0.717, 1.165) is 108 Å². The number of rotatable bonds is 74. The van der Waals surface area contributed by atoms with E-state index >= 15 is 0 Å². The molecule has 19 heteroatoms. The molecule has 0 saturated carbocycles. The van der Waals surface area contributed by atoms with Crippen molar-refractivity contribution in [2.24, 2.45) is 17.8 Å². The quantitative estimate of drug-likeness (QED) is 0.0222. The summed E-state index contributed by atoms with van der Waals surface area (Å²) in [7, 11) is -9.91. The molecule has 0 radical (unpaired) electrons. The molecule has 0 aromatic rings. The van der Waals surface area contributed by atoms with Gasteiger partial charge >= 0.3 is 39.5 Å². The second kappa shape index (κ2) is 66.6. The van der Waals surface area contributed by atoms with Crippen LogP contribution in [0.3, 0.4) is 0 Å². The molecule has 0 saturated heterocycles. The normalized spacial score (nSPS) is 14.4. The van der Waals surface area contributed by atoms with E-state index in [-0.39, 0.29) is 25.7 Å². The minimum absolute atomic E-state index is 0.102. The van der Waals surface area contributed by atoms with Gasteiger partial charge in [-0.1, -0.05) is 337 Å². The van der Waals surface area contributed by atoms with E-state index in [1.54, 1.807) is 0 Å². The lowest BCUT2D eigenvalue weighted by molar-refractivity contribution is -0.161. The van der Waals surface area contributed by atoms with Crippen molar-refractivity contribution in [1.29, 1.82) is 0 Å². The first-order valence-corrected chi connectivity index (χ1v) is 42.4. The summed E-state index contributed by atoms with van der Waals surface area (Å²) in [6, 6.07) is 0. The molecule has 95 heavy (non-hydrogen) atoms. The Morgan fingerprint density at radius 2 is 0.537 bits per heavy atom. The molecular weight excluding hydrogens is 1250 g/mol. The van der Waals surface area contributed by atoms with Crippen molar-refractivity contribution in [3.63, 3.8) is 0 Å². The summed E-state index contributed by atoms with van der Waals surface area (Å²) in [4.78, 5) is 72.7. The minimum Gasteiger partial charge on any atom is -0.462 e. The molecule has 3 N–H and O–H groups in total. The number of carbonyl (C=O) groups excluding carboxylic acids is 4. The number of unbranched alkanes of at least 4 members (excludes halogenated alkanes) is 41. The van der Waals surface area contributed by atoms with E-state index in [2.05, 4.69) is 48.5 Å². The summed E-state index contributed by atoms with van der Waals surface area (Å²) < 4.78 is 68.4. The van der Waals surface area contributed by atoms with Crippen LogP contribution < -0.4 is 0 Å². The first kappa shape index (κ1) is 93.1. The van der Waals surface area contributed by atoms with Crippen LogP contribution in [0.1, 0.15) is 389 Å². The van der Waals surface area contributed by atoms with E-state index in [0.29, 0.717) is 31.6 Å². The standard InChI is InChI=1S/C76H148O17P2/c1-8-10-11-12-13-14-15-16-21-25-28-31-34-43-50-57-73(78)86-63-71(92-75(80)59-52-45-35-32-29-26-23-20-18-17-19-22-24-27-30-33-40-47-54-67(3)4)65-90-94(82,83)88-61-70(77)62-89-95(84,85)91-66-72(64-87-74(79)58-51-44-38-36-41-48-55-68(5)6)93-76(81)60-53-46-39-37-42-49-56-69(7)9-2/h67-72,77H,8-66H2,1-7H3,(H,82,83)(H,84,85)/t69?,70-,71-,72-/m1/s1. The molecule has 0 rings (SSSR count). The second-order valence-electron chi connectivity index (χ2n) is 28.6. The maximum atomic E-state index is 13.1. The van der Waals surface area contributed by atoms with Gasteiger partial charge < -0.3 is 33.8 Å². The molecule has 17 nitrogen and oxygen atoms in total. The Bertz CT molecular complexity index is 1850. The third-order valence-corrected chi connectivity index (χ3v) is 19.9. The van der Waals surface area contributed by atoms with Gasteiger partial charge in [0.2, 0.25) is 0 Å². The highest BCUT2D eigenvalue weighted by atomic mass is 31.2. The van der Waals surface area contributed by atoms with E-state index in [1.807, 2.05) is 0 Å². The molecule has 0 aliphatic rings. The van der Waals surface area contributed by atoms with E-state index in [9.17, 15) is 43.2 Å². The van der Waals surface area contributed by atoms with Crippen molar-refractivity contribution in [1.82, 2.24) is 0 Å². The fraction of sp³-hybridized carbons (Fsp3) is 0.947. The number of phosphoric acid groups is 2. The Labute approximate surface area is 581 Å². The molecule has 0 heterocycles. The zero-order valence-electron chi connectivity index (χ0n) is 62.1. The Morgan fingerprint density at radius 3 is 0.800 bits per heavy atom. The number of aliphatic hydroxyl groups excluding tert-OH is 1. The van der Waals surface area contributed by atoms with Crippen molar-refractivity contribution in [3.8, 4) is 0 Å². The van der Waals surface area contributed by atoms with Gasteiger partial charge in [0, 0.05) is 25.7 Å². The molecule has 0 amide bonds. The second-order valence-corrected chi connectivity index (χ2v) is 31.5. The van der Waals surface area contributed by atoms with Crippen LogP contribution in [0.25, 0.3) is 0 Å². The van der Waals surface area contributed by atoms with Crippen LogP contribution in [-0.4, -0.2) is 96.7 Å². The predicted molar refractivity (Wildman–Crippen MR) is 386 cm³/mol. The van der Waals surface area contributed by atoms with Gasteiger partial charge in [0.15, 0.2) is 12.2 Å². The lowest BCUT2D eigenvalue weighted by atomic mass is 10.00. The zero-order chi connectivity index (χ0) is 70.1. The van der Waals surface area contributed by atoms with E-state index < -0.39 is 97.5 Å². The molecule has 0 aromatic heterocycles. The van der Waals surface area contributed by atoms with E-state index in [1.165, 1.54) is 193 Å². The van der Waals surface area contributed by atoms with Gasteiger partial charge in [0.05, 0.1) is 26.4 Å². The first-order chi connectivity index (χ1) is 45.8. The van der Waals surface area contributed by atoms with Crippen molar-refractivity contribution in [2.75, 3.05) is 39.6 Å². The highest BCUT2D eigenvalue weighted by Gasteiger charge is 2.30. The molecule has 0 fully saturated rings. The Kier molecular flexibility index (Phi) is 65.2. The molecule has 0 aromatic carbocycles. The third kappa shape index (κ3) is 69.0. The number of hydrogen-bond donors (Lipinski definition) is 3. The number of aliphatic hydroxyl groups is 1. The average molecular weight is 1400 g/mol. The molecule has 564 valence electrons. The van der Waals surface area contributed by atoms with Crippen LogP contribution >= 0.6 is 15.6 Å². The lowest BCUT2D eigenvalue weighted by Gasteiger charge is -2.21. The average Bonchev–Trinajstić information content (AvgIpc) is 2.60. The van der Waals surface area contributed by atoms with Gasteiger partial charge in [-0.25, -0.2) is 9.13 Å². The van der Waals surface area contributed by atoms with Crippen molar-refractivity contribution < 1.29 is 80.2 Å². The third-order valence-electron chi connectivity index (χ3n) is 18.0. The SMILES string of the molecule is CCCCCCCCCCCCCCCCCC(=O)OC[C@H](COP(=O)(O)OC[C@@H](O)COP(=O)(O)OC[C@@H](COC(=O)CCCCCCCCC(C)C)OC(=O)CCCCCCCCC(C)CC)OC(=O)CCCCCCCCCCCCCCCCCCCCC(C)C. The van der Waals surface area contributed by atoms with Gasteiger partial charge in [-0.2, -0.15) is 0 Å². The maximum absolute atomic E-state index is 13.1. The van der Waals surface area contributed by atoms with Crippen LogP contribution in [0.15, 0.2) is 0 Å². The fourth-order valence-corrected chi connectivity index (χ4v) is 13.1. The summed E-state index contributed by atoms with van der Waals surface area (Å²) in [5.41, 5.74) is 0. The summed E-state index contributed by atoms with van der Waals surface area (Å²) in [5.74, 6) is 0.0968. The molecule has 3 unspecified atom stereocenters.